The second-order valence-corrected chi connectivity index (χ2v) is 7.09. The van der Waals surface area contributed by atoms with Gasteiger partial charge in [-0.3, -0.25) is 10.1 Å². The Labute approximate surface area is 127 Å². The van der Waals surface area contributed by atoms with Gasteiger partial charge in [-0.1, -0.05) is 0 Å². The smallest absolute Gasteiger partial charge is 0.326 e. The van der Waals surface area contributed by atoms with Crippen molar-refractivity contribution in [2.45, 2.75) is 63.3 Å². The van der Waals surface area contributed by atoms with Crippen LogP contribution in [0.5, 0.6) is 0 Å². The van der Waals surface area contributed by atoms with E-state index in [2.05, 4.69) is 19.2 Å². The van der Waals surface area contributed by atoms with Crippen molar-refractivity contribution in [3.05, 3.63) is 0 Å². The van der Waals surface area contributed by atoms with Crippen molar-refractivity contribution in [2.24, 2.45) is 0 Å². The Hall–Kier alpha value is -0.260. The highest BCUT2D eigenvalue weighted by Crippen LogP contribution is 2.36. The number of carbonyl (C=O) groups excluding carboxylic acids is 1. The number of esters is 1. The summed E-state index contributed by atoms with van der Waals surface area (Å²) in [6, 6.07) is 0.280. The summed E-state index contributed by atoms with van der Waals surface area (Å²) >= 11 is 1.91. The molecular weight excluding hydrogens is 274 g/mol. The van der Waals surface area contributed by atoms with Crippen molar-refractivity contribution in [1.29, 1.82) is 0 Å². The number of rotatable bonds is 8. The number of carbonyl (C=O) groups is 1. The van der Waals surface area contributed by atoms with Crippen LogP contribution < -0.4 is 5.32 Å². The normalized spacial score (nSPS) is 26.8. The van der Waals surface area contributed by atoms with Gasteiger partial charge in [-0.25, -0.2) is 0 Å². The van der Waals surface area contributed by atoms with E-state index in [1.807, 2.05) is 18.7 Å². The highest BCUT2D eigenvalue weighted by Gasteiger charge is 2.44. The molecule has 0 radical (unpaired) electrons. The van der Waals surface area contributed by atoms with Crippen LogP contribution in [-0.4, -0.2) is 48.9 Å². The fourth-order valence-corrected chi connectivity index (χ4v) is 4.19. The largest absolute Gasteiger partial charge is 0.465 e. The maximum Gasteiger partial charge on any atom is 0.326 e. The van der Waals surface area contributed by atoms with Crippen LogP contribution in [0.2, 0.25) is 0 Å². The summed E-state index contributed by atoms with van der Waals surface area (Å²) in [5.74, 6) is 0.910. The van der Waals surface area contributed by atoms with Crippen LogP contribution in [-0.2, 0) is 14.3 Å². The van der Waals surface area contributed by atoms with Crippen molar-refractivity contribution >= 4 is 17.7 Å². The van der Waals surface area contributed by atoms with Crippen molar-refractivity contribution in [3.63, 3.8) is 0 Å². The predicted octanol–water partition coefficient (Wildman–Crippen LogP) is 2.61. The van der Waals surface area contributed by atoms with E-state index >= 15 is 0 Å². The topological polar surface area (TPSA) is 47.6 Å². The van der Waals surface area contributed by atoms with E-state index in [-0.39, 0.29) is 12.0 Å². The maximum absolute atomic E-state index is 12.4. The molecule has 0 amide bonds. The van der Waals surface area contributed by atoms with Crippen LogP contribution in [0.15, 0.2) is 0 Å². The number of nitrogens with one attached hydrogen (secondary N) is 1. The Balaban J connectivity index is 2.68. The zero-order valence-electron chi connectivity index (χ0n) is 13.2. The summed E-state index contributed by atoms with van der Waals surface area (Å²) in [4.78, 5) is 12.4. The molecule has 5 heteroatoms. The van der Waals surface area contributed by atoms with Gasteiger partial charge in [0.15, 0.2) is 0 Å². The van der Waals surface area contributed by atoms with Crippen LogP contribution in [0.1, 0.15) is 46.5 Å². The fraction of sp³-hybridized carbons (Fsp3) is 0.933. The van der Waals surface area contributed by atoms with E-state index < -0.39 is 5.54 Å². The molecule has 20 heavy (non-hydrogen) atoms. The zero-order chi connectivity index (χ0) is 15.0. The van der Waals surface area contributed by atoms with E-state index in [1.54, 1.807) is 7.11 Å². The summed E-state index contributed by atoms with van der Waals surface area (Å²) in [5, 5.41) is 3.99. The van der Waals surface area contributed by atoms with E-state index in [9.17, 15) is 4.79 Å². The van der Waals surface area contributed by atoms with Crippen molar-refractivity contribution in [3.8, 4) is 0 Å². The SMILES string of the molecule is CCOC(=O)C1(NC(C)C)CCCC(SCCOC)C1. The molecule has 118 valence electrons. The Morgan fingerprint density at radius 3 is 2.85 bits per heavy atom. The lowest BCUT2D eigenvalue weighted by Crippen LogP contribution is -2.58. The molecule has 1 fully saturated rings. The lowest BCUT2D eigenvalue weighted by molar-refractivity contribution is -0.153. The van der Waals surface area contributed by atoms with Gasteiger partial charge in [0.2, 0.25) is 0 Å². The Bertz CT molecular complexity index is 299. The molecular formula is C15H29NO3S. The van der Waals surface area contributed by atoms with E-state index in [4.69, 9.17) is 9.47 Å². The van der Waals surface area contributed by atoms with Gasteiger partial charge in [0.1, 0.15) is 5.54 Å². The molecule has 0 spiro atoms. The average Bonchev–Trinajstić information content (AvgIpc) is 2.39. The summed E-state index contributed by atoms with van der Waals surface area (Å²) in [6.07, 6.45) is 3.99. The third-order valence-corrected chi connectivity index (χ3v) is 4.85. The molecule has 0 saturated heterocycles. The molecule has 2 atom stereocenters. The van der Waals surface area contributed by atoms with Gasteiger partial charge >= 0.3 is 5.97 Å². The second kappa shape index (κ2) is 8.90. The van der Waals surface area contributed by atoms with E-state index in [1.165, 1.54) is 6.42 Å². The minimum absolute atomic E-state index is 0.0780. The third-order valence-electron chi connectivity index (χ3n) is 3.58. The third kappa shape index (κ3) is 5.26. The molecule has 2 unspecified atom stereocenters. The first kappa shape index (κ1) is 17.8. The van der Waals surface area contributed by atoms with Crippen LogP contribution in [0.25, 0.3) is 0 Å². The van der Waals surface area contributed by atoms with Crippen LogP contribution in [0.4, 0.5) is 0 Å². The monoisotopic (exact) mass is 303 g/mol. The molecule has 1 N–H and O–H groups in total. The van der Waals surface area contributed by atoms with Gasteiger partial charge in [0, 0.05) is 24.2 Å². The first-order valence-corrected chi connectivity index (χ1v) is 8.64. The lowest BCUT2D eigenvalue weighted by Gasteiger charge is -2.40. The Morgan fingerprint density at radius 1 is 1.50 bits per heavy atom. The van der Waals surface area contributed by atoms with Gasteiger partial charge in [-0.05, 0) is 46.5 Å². The van der Waals surface area contributed by atoms with Crippen molar-refractivity contribution in [1.82, 2.24) is 5.32 Å². The van der Waals surface area contributed by atoms with Crippen LogP contribution in [0, 0.1) is 0 Å². The number of ether oxygens (including phenoxy) is 2. The van der Waals surface area contributed by atoms with E-state index in [0.717, 1.165) is 31.6 Å². The standard InChI is InChI=1S/C15H29NO3S/c1-5-19-14(17)15(16-12(2)3)8-6-7-13(11-15)20-10-9-18-4/h12-13,16H,5-11H2,1-4H3. The molecule has 1 rings (SSSR count). The summed E-state index contributed by atoms with van der Waals surface area (Å²) < 4.78 is 10.4. The summed E-state index contributed by atoms with van der Waals surface area (Å²) in [7, 11) is 1.73. The van der Waals surface area contributed by atoms with Gasteiger partial charge in [0.05, 0.1) is 13.2 Å². The number of hydrogen-bond donors (Lipinski definition) is 1. The molecule has 4 nitrogen and oxygen atoms in total. The predicted molar refractivity (Wildman–Crippen MR) is 84.2 cm³/mol. The van der Waals surface area contributed by atoms with Crippen LogP contribution in [0.3, 0.4) is 0 Å². The first-order valence-electron chi connectivity index (χ1n) is 7.59. The summed E-state index contributed by atoms with van der Waals surface area (Å²) in [5.41, 5.74) is -0.493. The molecule has 0 bridgehead atoms. The zero-order valence-corrected chi connectivity index (χ0v) is 14.1. The second-order valence-electron chi connectivity index (χ2n) is 5.68. The fourth-order valence-electron chi connectivity index (χ4n) is 2.86. The van der Waals surface area contributed by atoms with Crippen molar-refractivity contribution in [2.75, 3.05) is 26.1 Å². The van der Waals surface area contributed by atoms with Crippen LogP contribution >= 0.6 is 11.8 Å². The number of thioether (sulfide) groups is 1. The highest BCUT2D eigenvalue weighted by molar-refractivity contribution is 7.99. The Kier molecular flexibility index (Phi) is 7.92. The Morgan fingerprint density at radius 2 is 2.25 bits per heavy atom. The average molecular weight is 303 g/mol. The minimum atomic E-state index is -0.493. The number of methoxy groups -OCH3 is 1. The van der Waals surface area contributed by atoms with E-state index in [0.29, 0.717) is 11.9 Å². The number of hydrogen-bond acceptors (Lipinski definition) is 5. The lowest BCUT2D eigenvalue weighted by atomic mass is 9.80. The molecule has 0 aromatic rings. The van der Waals surface area contributed by atoms with Gasteiger partial charge in [0.25, 0.3) is 0 Å². The van der Waals surface area contributed by atoms with Gasteiger partial charge in [-0.15, -0.1) is 0 Å². The minimum Gasteiger partial charge on any atom is -0.465 e. The quantitative estimate of drug-likeness (QED) is 0.552. The molecule has 1 saturated carbocycles. The first-order chi connectivity index (χ1) is 9.54. The molecule has 1 aliphatic carbocycles. The molecule has 0 aliphatic heterocycles. The van der Waals surface area contributed by atoms with Gasteiger partial charge in [-0.2, -0.15) is 11.8 Å². The molecule has 0 aromatic carbocycles. The maximum atomic E-state index is 12.4. The molecule has 0 heterocycles. The highest BCUT2D eigenvalue weighted by atomic mass is 32.2. The summed E-state index contributed by atoms with van der Waals surface area (Å²) in [6.45, 7) is 7.26. The van der Waals surface area contributed by atoms with Crippen molar-refractivity contribution < 1.29 is 14.3 Å². The molecule has 1 aliphatic rings. The van der Waals surface area contributed by atoms with Gasteiger partial charge < -0.3 is 9.47 Å². The molecule has 0 aromatic heterocycles.